The Bertz CT molecular complexity index is 1160. The number of carbonyl (C=O) groups is 2. The van der Waals surface area contributed by atoms with Crippen molar-refractivity contribution in [3.8, 4) is 5.75 Å². The average Bonchev–Trinajstić information content (AvgIpc) is 2.88. The van der Waals surface area contributed by atoms with Gasteiger partial charge in [-0.3, -0.25) is 4.79 Å². The maximum absolute atomic E-state index is 13.6. The zero-order chi connectivity index (χ0) is 25.1. The van der Waals surface area contributed by atoms with Gasteiger partial charge in [-0.2, -0.15) is 0 Å². The van der Waals surface area contributed by atoms with Gasteiger partial charge in [-0.15, -0.1) is 0 Å². The van der Waals surface area contributed by atoms with Crippen molar-refractivity contribution in [2.45, 2.75) is 45.4 Å². The van der Waals surface area contributed by atoms with Gasteiger partial charge in [0, 0.05) is 48.1 Å². The Morgan fingerprint density at radius 3 is 2.17 bits per heavy atom. The number of dihydropyridines is 1. The van der Waals surface area contributed by atoms with Crippen LogP contribution in [0.25, 0.3) is 0 Å². The maximum Gasteiger partial charge on any atom is 0.336 e. The number of ether oxygens (including phenoxy) is 2. The molecule has 1 N–H and O–H groups in total. The molecule has 4 rings (SSSR count). The fourth-order valence-electron chi connectivity index (χ4n) is 5.33. The summed E-state index contributed by atoms with van der Waals surface area (Å²) in [6.07, 6.45) is 1.10. The molecule has 1 heterocycles. The van der Waals surface area contributed by atoms with Gasteiger partial charge in [-0.25, -0.2) is 4.79 Å². The van der Waals surface area contributed by atoms with E-state index in [1.54, 1.807) is 7.11 Å². The monoisotopic (exact) mass is 474 g/mol. The summed E-state index contributed by atoms with van der Waals surface area (Å²) < 4.78 is 10.4. The van der Waals surface area contributed by atoms with E-state index in [4.69, 9.17) is 9.47 Å². The summed E-state index contributed by atoms with van der Waals surface area (Å²) in [7, 11) is 3.03. The Morgan fingerprint density at radius 1 is 0.971 bits per heavy atom. The normalized spacial score (nSPS) is 19.7. The van der Waals surface area contributed by atoms with Crippen molar-refractivity contribution in [1.29, 1.82) is 0 Å². The van der Waals surface area contributed by atoms with Crippen LogP contribution >= 0.6 is 0 Å². The predicted molar refractivity (Wildman–Crippen MR) is 138 cm³/mol. The quantitative estimate of drug-likeness (QED) is 0.565. The molecule has 2 aliphatic rings. The summed E-state index contributed by atoms with van der Waals surface area (Å²) in [4.78, 5) is 28.8. The number of hydrogen-bond acceptors (Lipinski definition) is 6. The van der Waals surface area contributed by atoms with E-state index in [9.17, 15) is 9.59 Å². The van der Waals surface area contributed by atoms with Crippen LogP contribution in [0.5, 0.6) is 5.75 Å². The van der Waals surface area contributed by atoms with Crippen LogP contribution in [0.1, 0.15) is 56.6 Å². The lowest BCUT2D eigenvalue weighted by Crippen LogP contribution is -2.36. The number of benzene rings is 2. The van der Waals surface area contributed by atoms with E-state index < -0.39 is 11.9 Å². The molecule has 1 aliphatic heterocycles. The molecule has 0 saturated carbocycles. The predicted octanol–water partition coefficient (Wildman–Crippen LogP) is 5.08. The Labute approximate surface area is 207 Å². The first-order chi connectivity index (χ1) is 16.9. The second-order valence-corrected chi connectivity index (χ2v) is 9.05. The topological polar surface area (TPSA) is 67.9 Å². The van der Waals surface area contributed by atoms with E-state index in [1.165, 1.54) is 7.11 Å². The average molecular weight is 475 g/mol. The molecule has 0 bridgehead atoms. The van der Waals surface area contributed by atoms with Crippen molar-refractivity contribution in [2.75, 3.05) is 32.2 Å². The fourth-order valence-corrected chi connectivity index (χ4v) is 5.33. The van der Waals surface area contributed by atoms with Crippen LogP contribution in [0.3, 0.4) is 0 Å². The van der Waals surface area contributed by atoms with Gasteiger partial charge < -0.3 is 19.7 Å². The molecule has 0 spiro atoms. The van der Waals surface area contributed by atoms with Crippen molar-refractivity contribution in [1.82, 2.24) is 5.32 Å². The standard InChI is InChI=1S/C29H34N2O4/c1-6-31(7-2)22-12-8-20(9-13-22)27-26(29(33)35-5)18(3)30-24-16-21(17-25(32)28(24)27)19-10-14-23(34-4)15-11-19/h8-15,21,27,30H,6-7,16-17H2,1-5H3. The zero-order valence-corrected chi connectivity index (χ0v) is 21.2. The summed E-state index contributed by atoms with van der Waals surface area (Å²) in [6, 6.07) is 16.1. The summed E-state index contributed by atoms with van der Waals surface area (Å²) in [5.74, 6) is 0.0589. The third-order valence-corrected chi connectivity index (χ3v) is 7.18. The highest BCUT2D eigenvalue weighted by Crippen LogP contribution is 2.46. The molecule has 0 fully saturated rings. The Kier molecular flexibility index (Phi) is 7.29. The molecule has 2 atom stereocenters. The third kappa shape index (κ3) is 4.70. The van der Waals surface area contributed by atoms with Gasteiger partial charge in [0.1, 0.15) is 5.75 Å². The minimum atomic E-state index is -0.450. The number of ketones is 1. The number of anilines is 1. The molecule has 0 radical (unpaired) electrons. The molecule has 6 nitrogen and oxygen atoms in total. The van der Waals surface area contributed by atoms with Crippen LogP contribution < -0.4 is 15.0 Å². The van der Waals surface area contributed by atoms with E-state index in [0.717, 1.165) is 47.0 Å². The second kappa shape index (κ2) is 10.4. The first-order valence-electron chi connectivity index (χ1n) is 12.2. The molecule has 6 heteroatoms. The minimum absolute atomic E-state index is 0.0614. The fraction of sp³-hybridized carbons (Fsp3) is 0.379. The van der Waals surface area contributed by atoms with E-state index in [0.29, 0.717) is 24.0 Å². The van der Waals surface area contributed by atoms with Crippen LogP contribution in [0.4, 0.5) is 5.69 Å². The van der Waals surface area contributed by atoms with Crippen LogP contribution in [-0.4, -0.2) is 39.1 Å². The number of esters is 1. The van der Waals surface area contributed by atoms with Crippen LogP contribution in [0, 0.1) is 0 Å². The highest BCUT2D eigenvalue weighted by atomic mass is 16.5. The van der Waals surface area contributed by atoms with Crippen LogP contribution in [0.15, 0.2) is 71.1 Å². The number of allylic oxidation sites excluding steroid dienone is 3. The van der Waals surface area contributed by atoms with Crippen molar-refractivity contribution in [3.63, 3.8) is 0 Å². The van der Waals surface area contributed by atoms with Crippen molar-refractivity contribution in [2.24, 2.45) is 0 Å². The molecular formula is C29H34N2O4. The number of nitrogens with zero attached hydrogens (tertiary/aromatic N) is 1. The lowest BCUT2D eigenvalue weighted by atomic mass is 9.71. The van der Waals surface area contributed by atoms with Crippen molar-refractivity contribution in [3.05, 3.63) is 82.2 Å². The summed E-state index contributed by atoms with van der Waals surface area (Å²) in [5, 5.41) is 3.39. The van der Waals surface area contributed by atoms with E-state index in [-0.39, 0.29) is 11.7 Å². The molecule has 2 aromatic rings. The molecule has 184 valence electrons. The van der Waals surface area contributed by atoms with E-state index in [1.807, 2.05) is 43.3 Å². The molecular weight excluding hydrogens is 440 g/mol. The highest BCUT2D eigenvalue weighted by Gasteiger charge is 2.41. The van der Waals surface area contributed by atoms with Gasteiger partial charge in [0.05, 0.1) is 19.8 Å². The highest BCUT2D eigenvalue weighted by molar-refractivity contribution is 6.04. The molecule has 0 amide bonds. The van der Waals surface area contributed by atoms with Gasteiger partial charge >= 0.3 is 5.97 Å². The Morgan fingerprint density at radius 2 is 1.60 bits per heavy atom. The summed E-state index contributed by atoms with van der Waals surface area (Å²) in [5.41, 5.74) is 5.95. The number of hydrogen-bond donors (Lipinski definition) is 1. The third-order valence-electron chi connectivity index (χ3n) is 7.18. The van der Waals surface area contributed by atoms with Gasteiger partial charge in [-0.1, -0.05) is 24.3 Å². The molecule has 1 aliphatic carbocycles. The van der Waals surface area contributed by atoms with E-state index >= 15 is 0 Å². The molecule has 0 aromatic heterocycles. The minimum Gasteiger partial charge on any atom is -0.497 e. The Balaban J connectivity index is 1.74. The van der Waals surface area contributed by atoms with Gasteiger partial charge in [0.2, 0.25) is 0 Å². The zero-order valence-electron chi connectivity index (χ0n) is 21.2. The maximum atomic E-state index is 13.6. The SMILES string of the molecule is CCN(CC)c1ccc(C2C(C(=O)OC)=C(C)NC3=C2C(=O)CC(c2ccc(OC)cc2)C3)cc1. The first-order valence-corrected chi connectivity index (χ1v) is 12.2. The Hall–Kier alpha value is -3.54. The number of carbonyl (C=O) groups excluding carboxylic acids is 2. The number of nitrogens with one attached hydrogen (secondary N) is 1. The summed E-state index contributed by atoms with van der Waals surface area (Å²) in [6.45, 7) is 7.96. The van der Waals surface area contributed by atoms with Gasteiger partial charge in [0.15, 0.2) is 5.78 Å². The van der Waals surface area contributed by atoms with Crippen LogP contribution in [-0.2, 0) is 14.3 Å². The first kappa shape index (κ1) is 24.6. The smallest absolute Gasteiger partial charge is 0.336 e. The lowest BCUT2D eigenvalue weighted by molar-refractivity contribution is -0.136. The van der Waals surface area contributed by atoms with Gasteiger partial charge in [-0.05, 0) is 68.5 Å². The molecule has 2 aromatic carbocycles. The van der Waals surface area contributed by atoms with Crippen molar-refractivity contribution >= 4 is 17.4 Å². The van der Waals surface area contributed by atoms with Gasteiger partial charge in [0.25, 0.3) is 0 Å². The number of methoxy groups -OCH3 is 2. The lowest BCUT2D eigenvalue weighted by Gasteiger charge is -2.36. The van der Waals surface area contributed by atoms with E-state index in [2.05, 4.69) is 36.2 Å². The number of Topliss-reactive ketones (excluding diaryl/α,β-unsaturated/α-hetero) is 1. The number of rotatable bonds is 7. The largest absolute Gasteiger partial charge is 0.497 e. The van der Waals surface area contributed by atoms with Crippen LogP contribution in [0.2, 0.25) is 0 Å². The molecule has 35 heavy (non-hydrogen) atoms. The molecule has 0 saturated heterocycles. The van der Waals surface area contributed by atoms with Crippen molar-refractivity contribution < 1.29 is 19.1 Å². The second-order valence-electron chi connectivity index (χ2n) is 9.05. The molecule has 2 unspecified atom stereocenters. The summed E-state index contributed by atoms with van der Waals surface area (Å²) >= 11 is 0.